The number of allylic oxidation sites excluding steroid dienone is 1. The van der Waals surface area contributed by atoms with Crippen LogP contribution in [0, 0.1) is 0 Å². The summed E-state index contributed by atoms with van der Waals surface area (Å²) in [6.07, 6.45) is 8.47. The molecule has 0 fully saturated rings. The van der Waals surface area contributed by atoms with Crippen molar-refractivity contribution in [3.05, 3.63) is 78.4 Å². The van der Waals surface area contributed by atoms with E-state index in [1.807, 2.05) is 0 Å². The Morgan fingerprint density at radius 3 is 2.25 bits per heavy atom. The minimum atomic E-state index is 0.520. The SMILES string of the molecule is C1=CC(N(Cc2ccccc2)c2ccccc2)CCC1. The third-order valence-corrected chi connectivity index (χ3v) is 3.91. The summed E-state index contributed by atoms with van der Waals surface area (Å²) in [6, 6.07) is 22.0. The van der Waals surface area contributed by atoms with Crippen LogP contribution in [0.15, 0.2) is 72.8 Å². The second-order valence-corrected chi connectivity index (χ2v) is 5.38. The van der Waals surface area contributed by atoms with Gasteiger partial charge in [-0.15, -0.1) is 0 Å². The lowest BCUT2D eigenvalue weighted by Crippen LogP contribution is -2.34. The van der Waals surface area contributed by atoms with Crippen molar-refractivity contribution < 1.29 is 0 Å². The van der Waals surface area contributed by atoms with E-state index in [2.05, 4.69) is 77.7 Å². The molecule has 1 aliphatic rings. The monoisotopic (exact) mass is 263 g/mol. The van der Waals surface area contributed by atoms with Crippen LogP contribution < -0.4 is 4.90 Å². The van der Waals surface area contributed by atoms with Gasteiger partial charge in [-0.1, -0.05) is 60.7 Å². The van der Waals surface area contributed by atoms with Crippen molar-refractivity contribution in [1.29, 1.82) is 0 Å². The smallest absolute Gasteiger partial charge is 0.0476 e. The highest BCUT2D eigenvalue weighted by Crippen LogP contribution is 2.25. The highest BCUT2D eigenvalue weighted by atomic mass is 15.2. The Balaban J connectivity index is 1.87. The average molecular weight is 263 g/mol. The molecule has 1 nitrogen and oxygen atoms in total. The van der Waals surface area contributed by atoms with Gasteiger partial charge in [0.15, 0.2) is 0 Å². The zero-order chi connectivity index (χ0) is 13.6. The van der Waals surface area contributed by atoms with Gasteiger partial charge in [-0.3, -0.25) is 0 Å². The lowest BCUT2D eigenvalue weighted by atomic mass is 10.00. The highest BCUT2D eigenvalue weighted by Gasteiger charge is 2.18. The van der Waals surface area contributed by atoms with Crippen molar-refractivity contribution in [2.75, 3.05) is 4.90 Å². The van der Waals surface area contributed by atoms with E-state index in [0.717, 1.165) is 6.54 Å². The molecule has 1 atom stereocenters. The fourth-order valence-corrected chi connectivity index (χ4v) is 2.85. The lowest BCUT2D eigenvalue weighted by Gasteiger charge is -2.33. The van der Waals surface area contributed by atoms with Crippen LogP contribution in [0.2, 0.25) is 0 Å². The molecule has 102 valence electrons. The topological polar surface area (TPSA) is 3.24 Å². The third kappa shape index (κ3) is 3.11. The number of nitrogens with zero attached hydrogens (tertiary/aromatic N) is 1. The summed E-state index contributed by atoms with van der Waals surface area (Å²) in [7, 11) is 0. The zero-order valence-corrected chi connectivity index (χ0v) is 11.8. The number of hydrogen-bond donors (Lipinski definition) is 0. The van der Waals surface area contributed by atoms with Crippen LogP contribution in [-0.4, -0.2) is 6.04 Å². The number of anilines is 1. The molecule has 1 heteroatoms. The summed E-state index contributed by atoms with van der Waals surface area (Å²) in [4.78, 5) is 2.52. The summed E-state index contributed by atoms with van der Waals surface area (Å²) >= 11 is 0. The lowest BCUT2D eigenvalue weighted by molar-refractivity contribution is 0.585. The molecule has 0 radical (unpaired) electrons. The van der Waals surface area contributed by atoms with E-state index in [9.17, 15) is 0 Å². The Labute approximate surface area is 121 Å². The number of hydrogen-bond acceptors (Lipinski definition) is 1. The molecule has 20 heavy (non-hydrogen) atoms. The van der Waals surface area contributed by atoms with E-state index >= 15 is 0 Å². The number of para-hydroxylation sites is 1. The summed E-state index contributed by atoms with van der Waals surface area (Å²) in [5, 5.41) is 0. The Morgan fingerprint density at radius 1 is 0.900 bits per heavy atom. The molecule has 0 N–H and O–H groups in total. The maximum absolute atomic E-state index is 2.52. The fraction of sp³-hybridized carbons (Fsp3) is 0.263. The van der Waals surface area contributed by atoms with E-state index < -0.39 is 0 Å². The molecular formula is C19H21N. The minimum absolute atomic E-state index is 0.520. The van der Waals surface area contributed by atoms with Crippen LogP contribution in [0.4, 0.5) is 5.69 Å². The minimum Gasteiger partial charge on any atom is -0.361 e. The van der Waals surface area contributed by atoms with Gasteiger partial charge in [-0.05, 0) is 37.0 Å². The molecule has 1 unspecified atom stereocenters. The maximum atomic E-state index is 2.52. The van der Waals surface area contributed by atoms with Gasteiger partial charge in [-0.2, -0.15) is 0 Å². The normalized spacial score (nSPS) is 17.9. The van der Waals surface area contributed by atoms with Crippen LogP contribution in [0.5, 0.6) is 0 Å². The van der Waals surface area contributed by atoms with Gasteiger partial charge in [0.25, 0.3) is 0 Å². The van der Waals surface area contributed by atoms with E-state index in [4.69, 9.17) is 0 Å². The molecule has 2 aromatic carbocycles. The molecule has 0 saturated carbocycles. The predicted molar refractivity (Wildman–Crippen MR) is 85.8 cm³/mol. The Kier molecular flexibility index (Phi) is 4.17. The van der Waals surface area contributed by atoms with Crippen molar-refractivity contribution in [2.45, 2.75) is 31.8 Å². The first-order chi connectivity index (χ1) is 9.93. The van der Waals surface area contributed by atoms with E-state index in [1.54, 1.807) is 0 Å². The summed E-state index contributed by atoms with van der Waals surface area (Å²) in [5.41, 5.74) is 2.68. The zero-order valence-electron chi connectivity index (χ0n) is 11.8. The van der Waals surface area contributed by atoms with E-state index in [0.29, 0.717) is 6.04 Å². The molecule has 2 aromatic rings. The largest absolute Gasteiger partial charge is 0.361 e. The van der Waals surface area contributed by atoms with Gasteiger partial charge in [0, 0.05) is 18.3 Å². The van der Waals surface area contributed by atoms with Crippen molar-refractivity contribution in [2.24, 2.45) is 0 Å². The van der Waals surface area contributed by atoms with Gasteiger partial charge < -0.3 is 4.90 Å². The quantitative estimate of drug-likeness (QED) is 0.716. The summed E-state index contributed by atoms with van der Waals surface area (Å²) in [5.74, 6) is 0. The summed E-state index contributed by atoms with van der Waals surface area (Å²) < 4.78 is 0. The van der Waals surface area contributed by atoms with Crippen molar-refractivity contribution >= 4 is 5.69 Å². The second-order valence-electron chi connectivity index (χ2n) is 5.38. The van der Waals surface area contributed by atoms with E-state index in [-0.39, 0.29) is 0 Å². The fourth-order valence-electron chi connectivity index (χ4n) is 2.85. The van der Waals surface area contributed by atoms with Crippen LogP contribution in [0.25, 0.3) is 0 Å². The molecule has 3 rings (SSSR count). The molecule has 0 aromatic heterocycles. The third-order valence-electron chi connectivity index (χ3n) is 3.91. The predicted octanol–water partition coefficient (Wildman–Crippen LogP) is 4.80. The molecule has 0 heterocycles. The second kappa shape index (κ2) is 6.42. The van der Waals surface area contributed by atoms with Crippen LogP contribution >= 0.6 is 0 Å². The Bertz CT molecular complexity index is 544. The van der Waals surface area contributed by atoms with Gasteiger partial charge in [0.2, 0.25) is 0 Å². The van der Waals surface area contributed by atoms with Gasteiger partial charge in [-0.25, -0.2) is 0 Å². The molecule has 0 spiro atoms. The van der Waals surface area contributed by atoms with Crippen LogP contribution in [-0.2, 0) is 6.54 Å². The molecule has 0 saturated heterocycles. The molecule has 0 bridgehead atoms. The van der Waals surface area contributed by atoms with Crippen LogP contribution in [0.1, 0.15) is 24.8 Å². The first-order valence-electron chi connectivity index (χ1n) is 7.46. The maximum Gasteiger partial charge on any atom is 0.0476 e. The molecule has 1 aliphatic carbocycles. The standard InChI is InChI=1S/C19H21N/c1-4-10-17(11-5-1)16-20(18-12-6-2-7-13-18)19-14-8-3-9-15-19/h1-2,4-8,10-14,19H,3,9,15-16H2. The highest BCUT2D eigenvalue weighted by molar-refractivity contribution is 5.49. The molecular weight excluding hydrogens is 242 g/mol. The number of rotatable bonds is 4. The van der Waals surface area contributed by atoms with Crippen molar-refractivity contribution in [1.82, 2.24) is 0 Å². The Hall–Kier alpha value is -2.02. The molecule has 0 amide bonds. The number of benzene rings is 2. The van der Waals surface area contributed by atoms with E-state index in [1.165, 1.54) is 30.5 Å². The van der Waals surface area contributed by atoms with Gasteiger partial charge in [0.1, 0.15) is 0 Å². The van der Waals surface area contributed by atoms with Gasteiger partial charge in [0.05, 0.1) is 0 Å². The average Bonchev–Trinajstić information content (AvgIpc) is 2.55. The Morgan fingerprint density at radius 2 is 1.60 bits per heavy atom. The molecule has 0 aliphatic heterocycles. The summed E-state index contributed by atoms with van der Waals surface area (Å²) in [6.45, 7) is 0.972. The van der Waals surface area contributed by atoms with Crippen molar-refractivity contribution in [3.63, 3.8) is 0 Å². The van der Waals surface area contributed by atoms with Crippen molar-refractivity contribution in [3.8, 4) is 0 Å². The first-order valence-corrected chi connectivity index (χ1v) is 7.46. The van der Waals surface area contributed by atoms with Crippen LogP contribution in [0.3, 0.4) is 0 Å². The van der Waals surface area contributed by atoms with Gasteiger partial charge >= 0.3 is 0 Å². The first kappa shape index (κ1) is 13.0.